The standard InChI is InChI=1S/C11H15N3O.ClH/c1-7-3-4-10(13-8(7)2)14-11(15)9-5-12-6-9;/h3-4,9,12H,5-6H2,1-2H3,(H,13,14,15);1H. The van der Waals surface area contributed by atoms with Crippen molar-refractivity contribution in [2.75, 3.05) is 18.4 Å². The van der Waals surface area contributed by atoms with E-state index in [4.69, 9.17) is 0 Å². The van der Waals surface area contributed by atoms with Crippen LogP contribution < -0.4 is 10.6 Å². The number of aromatic nitrogens is 1. The van der Waals surface area contributed by atoms with Crippen LogP contribution in [0.25, 0.3) is 0 Å². The minimum absolute atomic E-state index is 0. The van der Waals surface area contributed by atoms with E-state index in [1.54, 1.807) is 0 Å². The second kappa shape index (κ2) is 5.27. The number of nitrogens with zero attached hydrogens (tertiary/aromatic N) is 1. The third kappa shape index (κ3) is 2.71. The Morgan fingerprint density at radius 2 is 2.12 bits per heavy atom. The molecular weight excluding hydrogens is 226 g/mol. The van der Waals surface area contributed by atoms with Crippen LogP contribution in [0, 0.1) is 19.8 Å². The van der Waals surface area contributed by atoms with Crippen molar-refractivity contribution in [2.24, 2.45) is 5.92 Å². The fourth-order valence-corrected chi connectivity index (χ4v) is 1.40. The molecule has 2 N–H and O–H groups in total. The molecule has 1 saturated heterocycles. The van der Waals surface area contributed by atoms with E-state index in [0.29, 0.717) is 5.82 Å². The number of amides is 1. The molecular formula is C11H16ClN3O. The molecule has 0 spiro atoms. The molecule has 0 unspecified atom stereocenters. The number of anilines is 1. The van der Waals surface area contributed by atoms with Crippen molar-refractivity contribution in [3.05, 3.63) is 23.4 Å². The first-order valence-electron chi connectivity index (χ1n) is 5.12. The quantitative estimate of drug-likeness (QED) is 0.820. The van der Waals surface area contributed by atoms with Gasteiger partial charge in [0.1, 0.15) is 5.82 Å². The van der Waals surface area contributed by atoms with E-state index in [2.05, 4.69) is 15.6 Å². The first-order valence-corrected chi connectivity index (χ1v) is 5.12. The highest BCUT2D eigenvalue weighted by molar-refractivity contribution is 5.92. The number of rotatable bonds is 2. The molecule has 0 atom stereocenters. The van der Waals surface area contributed by atoms with Crippen molar-refractivity contribution < 1.29 is 4.79 Å². The predicted octanol–water partition coefficient (Wildman–Crippen LogP) is 1.28. The smallest absolute Gasteiger partial charge is 0.231 e. The SMILES string of the molecule is Cc1ccc(NC(=O)C2CNC2)nc1C.Cl. The number of carbonyl (C=O) groups excluding carboxylic acids is 1. The molecule has 0 aliphatic carbocycles. The van der Waals surface area contributed by atoms with Gasteiger partial charge in [-0.3, -0.25) is 4.79 Å². The van der Waals surface area contributed by atoms with E-state index >= 15 is 0 Å². The number of aryl methyl sites for hydroxylation is 2. The fourth-order valence-electron chi connectivity index (χ4n) is 1.40. The van der Waals surface area contributed by atoms with Crippen molar-refractivity contribution >= 4 is 24.1 Å². The minimum atomic E-state index is 0. The molecule has 1 aliphatic heterocycles. The lowest BCUT2D eigenvalue weighted by Crippen LogP contribution is -2.48. The van der Waals surface area contributed by atoms with E-state index in [1.807, 2.05) is 26.0 Å². The molecule has 0 radical (unpaired) electrons. The van der Waals surface area contributed by atoms with Gasteiger partial charge in [-0.15, -0.1) is 12.4 Å². The van der Waals surface area contributed by atoms with Crippen molar-refractivity contribution in [1.82, 2.24) is 10.3 Å². The van der Waals surface area contributed by atoms with Crippen molar-refractivity contribution in [3.8, 4) is 0 Å². The molecule has 16 heavy (non-hydrogen) atoms. The van der Waals surface area contributed by atoms with Gasteiger partial charge in [0.15, 0.2) is 0 Å². The summed E-state index contributed by atoms with van der Waals surface area (Å²) in [5.74, 6) is 0.813. The van der Waals surface area contributed by atoms with Gasteiger partial charge < -0.3 is 10.6 Å². The van der Waals surface area contributed by atoms with E-state index < -0.39 is 0 Å². The number of nitrogens with one attached hydrogen (secondary N) is 2. The number of pyridine rings is 1. The number of carbonyl (C=O) groups is 1. The molecule has 4 nitrogen and oxygen atoms in total. The molecule has 1 aromatic heterocycles. The summed E-state index contributed by atoms with van der Waals surface area (Å²) in [5, 5.41) is 5.89. The molecule has 88 valence electrons. The lowest BCUT2D eigenvalue weighted by molar-refractivity contribution is -0.121. The molecule has 1 aromatic rings. The van der Waals surface area contributed by atoms with E-state index in [-0.39, 0.29) is 24.2 Å². The lowest BCUT2D eigenvalue weighted by atomic mass is 10.0. The molecule has 1 fully saturated rings. The van der Waals surface area contributed by atoms with Gasteiger partial charge in [-0.1, -0.05) is 6.07 Å². The zero-order chi connectivity index (χ0) is 10.8. The molecule has 1 amide bonds. The Labute approximate surface area is 101 Å². The van der Waals surface area contributed by atoms with E-state index in [9.17, 15) is 4.79 Å². The monoisotopic (exact) mass is 241 g/mol. The Bertz CT molecular complexity index is 391. The molecule has 0 bridgehead atoms. The number of hydrogen-bond acceptors (Lipinski definition) is 3. The maximum absolute atomic E-state index is 11.6. The zero-order valence-corrected chi connectivity index (χ0v) is 10.2. The Morgan fingerprint density at radius 3 is 2.62 bits per heavy atom. The zero-order valence-electron chi connectivity index (χ0n) is 9.41. The summed E-state index contributed by atoms with van der Waals surface area (Å²) in [4.78, 5) is 15.9. The average Bonchev–Trinajstić information content (AvgIpc) is 2.08. The van der Waals surface area contributed by atoms with Crippen LogP contribution >= 0.6 is 12.4 Å². The van der Waals surface area contributed by atoms with Gasteiger partial charge >= 0.3 is 0 Å². The maximum Gasteiger partial charge on any atom is 0.231 e. The van der Waals surface area contributed by atoms with Gasteiger partial charge in [0, 0.05) is 18.8 Å². The van der Waals surface area contributed by atoms with Gasteiger partial charge in [0.25, 0.3) is 0 Å². The fraction of sp³-hybridized carbons (Fsp3) is 0.455. The van der Waals surface area contributed by atoms with Crippen LogP contribution in [0.2, 0.25) is 0 Å². The van der Waals surface area contributed by atoms with Crippen LogP contribution in [0.3, 0.4) is 0 Å². The summed E-state index contributed by atoms with van der Waals surface area (Å²) in [6, 6.07) is 3.81. The number of halogens is 1. The van der Waals surface area contributed by atoms with Gasteiger partial charge in [-0.05, 0) is 25.5 Å². The van der Waals surface area contributed by atoms with Crippen molar-refractivity contribution in [1.29, 1.82) is 0 Å². The van der Waals surface area contributed by atoms with E-state index in [0.717, 1.165) is 24.3 Å². The normalized spacial score (nSPS) is 14.9. The summed E-state index contributed by atoms with van der Waals surface area (Å²) in [6.45, 7) is 5.49. The molecule has 0 aromatic carbocycles. The first kappa shape index (κ1) is 12.9. The number of hydrogen-bond donors (Lipinski definition) is 2. The lowest BCUT2D eigenvalue weighted by Gasteiger charge is -2.25. The largest absolute Gasteiger partial charge is 0.315 e. The van der Waals surface area contributed by atoms with Crippen LogP contribution in [0.4, 0.5) is 5.82 Å². The molecule has 2 heterocycles. The highest BCUT2D eigenvalue weighted by Gasteiger charge is 2.24. The summed E-state index contributed by atoms with van der Waals surface area (Å²) >= 11 is 0. The van der Waals surface area contributed by atoms with Crippen LogP contribution in [0.5, 0.6) is 0 Å². The Morgan fingerprint density at radius 1 is 1.44 bits per heavy atom. The van der Waals surface area contributed by atoms with Crippen LogP contribution in [0.1, 0.15) is 11.3 Å². The molecule has 5 heteroatoms. The first-order chi connectivity index (χ1) is 7.16. The van der Waals surface area contributed by atoms with Gasteiger partial charge in [-0.25, -0.2) is 4.98 Å². The average molecular weight is 242 g/mol. The van der Waals surface area contributed by atoms with Gasteiger partial charge in [0.2, 0.25) is 5.91 Å². The van der Waals surface area contributed by atoms with Crippen LogP contribution in [-0.4, -0.2) is 24.0 Å². The second-order valence-electron chi connectivity index (χ2n) is 3.94. The van der Waals surface area contributed by atoms with Crippen LogP contribution in [-0.2, 0) is 4.79 Å². The van der Waals surface area contributed by atoms with E-state index in [1.165, 1.54) is 0 Å². The Balaban J connectivity index is 0.00000128. The second-order valence-corrected chi connectivity index (χ2v) is 3.94. The van der Waals surface area contributed by atoms with Crippen LogP contribution in [0.15, 0.2) is 12.1 Å². The molecule has 0 saturated carbocycles. The highest BCUT2D eigenvalue weighted by atomic mass is 35.5. The third-order valence-electron chi connectivity index (χ3n) is 2.75. The maximum atomic E-state index is 11.6. The van der Waals surface area contributed by atoms with Crippen molar-refractivity contribution in [3.63, 3.8) is 0 Å². The van der Waals surface area contributed by atoms with Crippen molar-refractivity contribution in [2.45, 2.75) is 13.8 Å². The summed E-state index contributed by atoms with van der Waals surface area (Å²) in [5.41, 5.74) is 2.10. The Hall–Kier alpha value is -1.13. The topological polar surface area (TPSA) is 54.0 Å². The summed E-state index contributed by atoms with van der Waals surface area (Å²) in [6.07, 6.45) is 0. The minimum Gasteiger partial charge on any atom is -0.315 e. The molecule has 1 aliphatic rings. The Kier molecular flexibility index (Phi) is 4.26. The van der Waals surface area contributed by atoms with Gasteiger partial charge in [0.05, 0.1) is 5.92 Å². The predicted molar refractivity (Wildman–Crippen MR) is 65.9 cm³/mol. The summed E-state index contributed by atoms with van der Waals surface area (Å²) < 4.78 is 0. The molecule has 2 rings (SSSR count). The third-order valence-corrected chi connectivity index (χ3v) is 2.75. The highest BCUT2D eigenvalue weighted by Crippen LogP contribution is 2.11. The summed E-state index contributed by atoms with van der Waals surface area (Å²) in [7, 11) is 0. The van der Waals surface area contributed by atoms with Gasteiger partial charge in [-0.2, -0.15) is 0 Å².